The lowest BCUT2D eigenvalue weighted by molar-refractivity contribution is 0.102. The van der Waals surface area contributed by atoms with Crippen molar-refractivity contribution >= 4 is 38.3 Å². The fourth-order valence-electron chi connectivity index (χ4n) is 3.22. The maximum Gasteiger partial charge on any atom is 0.264 e. The minimum atomic E-state index is -3.78. The molecule has 9 heteroatoms. The van der Waals surface area contributed by atoms with Gasteiger partial charge in [-0.15, -0.1) is 5.10 Å². The van der Waals surface area contributed by atoms with Crippen molar-refractivity contribution in [3.8, 4) is 0 Å². The minimum Gasteiger partial charge on any atom is -0.322 e. The van der Waals surface area contributed by atoms with E-state index in [1.54, 1.807) is 59.3 Å². The van der Waals surface area contributed by atoms with E-state index in [1.807, 2.05) is 13.0 Å². The molecule has 0 radical (unpaired) electrons. The van der Waals surface area contributed by atoms with Gasteiger partial charge in [0.25, 0.3) is 15.9 Å². The number of hydrogen-bond acceptors (Lipinski definition) is 5. The number of rotatable bonds is 6. The van der Waals surface area contributed by atoms with Gasteiger partial charge < -0.3 is 5.32 Å². The van der Waals surface area contributed by atoms with Gasteiger partial charge in [-0.05, 0) is 55.5 Å². The van der Waals surface area contributed by atoms with Crippen LogP contribution in [-0.4, -0.2) is 36.4 Å². The molecule has 1 heterocycles. The third-order valence-electron chi connectivity index (χ3n) is 4.95. The number of anilines is 2. The van der Waals surface area contributed by atoms with Gasteiger partial charge in [0.1, 0.15) is 5.52 Å². The summed E-state index contributed by atoms with van der Waals surface area (Å²) < 4.78 is 29.0. The van der Waals surface area contributed by atoms with Gasteiger partial charge in [-0.1, -0.05) is 29.5 Å². The first-order chi connectivity index (χ1) is 14.9. The second-order valence-electron chi connectivity index (χ2n) is 6.90. The van der Waals surface area contributed by atoms with Crippen molar-refractivity contribution in [3.63, 3.8) is 0 Å². The number of nitrogens with one attached hydrogen (secondary N) is 1. The predicted octanol–water partition coefficient (Wildman–Crippen LogP) is 3.53. The Hall–Kier alpha value is -3.72. The lowest BCUT2D eigenvalue weighted by Crippen LogP contribution is -2.26. The molecule has 0 aliphatic carbocycles. The van der Waals surface area contributed by atoms with E-state index in [2.05, 4.69) is 15.6 Å². The number of fused-ring (bicyclic) bond motifs is 1. The Kier molecular flexibility index (Phi) is 5.43. The molecule has 0 unspecified atom stereocenters. The average Bonchev–Trinajstić information content (AvgIpc) is 3.21. The van der Waals surface area contributed by atoms with Crippen LogP contribution >= 0.6 is 0 Å². The SMILES string of the molecule is CCn1nnc2cc(C(=O)Nc3cccc(S(=O)(=O)N(C)c4ccccc4)c3)ccc21. The number of aryl methyl sites for hydroxylation is 1. The Labute approximate surface area is 180 Å². The van der Waals surface area contributed by atoms with Gasteiger partial charge in [0.2, 0.25) is 0 Å². The summed E-state index contributed by atoms with van der Waals surface area (Å²) in [6, 6.07) is 20.1. The maximum atomic E-state index is 13.0. The Morgan fingerprint density at radius 3 is 2.55 bits per heavy atom. The second-order valence-corrected chi connectivity index (χ2v) is 8.87. The number of carbonyl (C=O) groups excluding carboxylic acids is 1. The molecule has 0 aliphatic rings. The van der Waals surface area contributed by atoms with Gasteiger partial charge in [-0.25, -0.2) is 13.1 Å². The number of amides is 1. The van der Waals surface area contributed by atoms with Crippen molar-refractivity contribution in [2.45, 2.75) is 18.4 Å². The van der Waals surface area contributed by atoms with Crippen molar-refractivity contribution in [2.75, 3.05) is 16.7 Å². The highest BCUT2D eigenvalue weighted by molar-refractivity contribution is 7.92. The van der Waals surface area contributed by atoms with Crippen LogP contribution in [-0.2, 0) is 16.6 Å². The van der Waals surface area contributed by atoms with E-state index in [1.165, 1.54) is 23.5 Å². The number of benzene rings is 3. The van der Waals surface area contributed by atoms with Crippen LogP contribution in [0.15, 0.2) is 77.7 Å². The summed E-state index contributed by atoms with van der Waals surface area (Å²) in [5.74, 6) is -0.362. The van der Waals surface area contributed by atoms with Gasteiger partial charge in [0.05, 0.1) is 16.1 Å². The van der Waals surface area contributed by atoms with E-state index in [-0.39, 0.29) is 10.8 Å². The summed E-state index contributed by atoms with van der Waals surface area (Å²) in [5.41, 5.74) is 2.80. The summed E-state index contributed by atoms with van der Waals surface area (Å²) in [7, 11) is -2.29. The molecule has 31 heavy (non-hydrogen) atoms. The Balaban J connectivity index is 1.58. The zero-order chi connectivity index (χ0) is 22.0. The van der Waals surface area contributed by atoms with Crippen LogP contribution in [0, 0.1) is 0 Å². The molecule has 1 amide bonds. The second kappa shape index (κ2) is 8.19. The van der Waals surface area contributed by atoms with Crippen LogP contribution in [0.1, 0.15) is 17.3 Å². The lowest BCUT2D eigenvalue weighted by atomic mass is 10.2. The third-order valence-corrected chi connectivity index (χ3v) is 6.73. The minimum absolute atomic E-state index is 0.0815. The molecule has 8 nitrogen and oxygen atoms in total. The largest absolute Gasteiger partial charge is 0.322 e. The smallest absolute Gasteiger partial charge is 0.264 e. The molecule has 3 aromatic carbocycles. The fraction of sp³-hybridized carbons (Fsp3) is 0.136. The fourth-order valence-corrected chi connectivity index (χ4v) is 4.46. The molecular weight excluding hydrogens is 414 g/mol. The summed E-state index contributed by atoms with van der Waals surface area (Å²) in [4.78, 5) is 12.8. The standard InChI is InChI=1S/C22H21N5O3S/c1-3-27-21-13-12-16(14-20(21)24-25-27)22(28)23-17-8-7-11-19(15-17)31(29,30)26(2)18-9-5-4-6-10-18/h4-15H,3H2,1-2H3,(H,23,28). The molecule has 0 saturated heterocycles. The molecule has 1 aromatic heterocycles. The number of hydrogen-bond donors (Lipinski definition) is 1. The molecule has 0 bridgehead atoms. The first-order valence-electron chi connectivity index (χ1n) is 9.69. The van der Waals surface area contributed by atoms with Crippen LogP contribution in [0.4, 0.5) is 11.4 Å². The first kappa shape index (κ1) is 20.5. The summed E-state index contributed by atoms with van der Waals surface area (Å²) in [6.07, 6.45) is 0. The summed E-state index contributed by atoms with van der Waals surface area (Å²) in [6.45, 7) is 2.64. The first-order valence-corrected chi connectivity index (χ1v) is 11.1. The van der Waals surface area contributed by atoms with E-state index < -0.39 is 10.0 Å². The van der Waals surface area contributed by atoms with Crippen molar-refractivity contribution in [1.82, 2.24) is 15.0 Å². The average molecular weight is 436 g/mol. The highest BCUT2D eigenvalue weighted by Crippen LogP contribution is 2.24. The number of sulfonamides is 1. The van der Waals surface area contributed by atoms with E-state index in [0.29, 0.717) is 29.0 Å². The molecular formula is C22H21N5O3S. The number of nitrogens with zero attached hydrogens (tertiary/aromatic N) is 4. The highest BCUT2D eigenvalue weighted by Gasteiger charge is 2.22. The molecule has 0 atom stereocenters. The zero-order valence-electron chi connectivity index (χ0n) is 17.1. The van der Waals surface area contributed by atoms with Gasteiger partial charge in [-0.3, -0.25) is 9.10 Å². The van der Waals surface area contributed by atoms with E-state index in [4.69, 9.17) is 0 Å². The van der Waals surface area contributed by atoms with Crippen LogP contribution in [0.2, 0.25) is 0 Å². The Bertz CT molecular complexity index is 1350. The molecule has 0 fully saturated rings. The van der Waals surface area contributed by atoms with Crippen molar-refractivity contribution in [2.24, 2.45) is 0 Å². The van der Waals surface area contributed by atoms with Crippen LogP contribution < -0.4 is 9.62 Å². The molecule has 4 rings (SSSR count). The Morgan fingerprint density at radius 2 is 1.81 bits per heavy atom. The number of carbonyl (C=O) groups is 1. The molecule has 0 aliphatic heterocycles. The van der Waals surface area contributed by atoms with Crippen LogP contribution in [0.5, 0.6) is 0 Å². The van der Waals surface area contributed by atoms with Gasteiger partial charge in [0.15, 0.2) is 0 Å². The quantitative estimate of drug-likeness (QED) is 0.500. The third kappa shape index (κ3) is 3.99. The zero-order valence-corrected chi connectivity index (χ0v) is 17.9. The molecule has 4 aromatic rings. The van der Waals surface area contributed by atoms with Crippen molar-refractivity contribution < 1.29 is 13.2 Å². The maximum absolute atomic E-state index is 13.0. The number of aromatic nitrogens is 3. The van der Waals surface area contributed by atoms with E-state index in [9.17, 15) is 13.2 Å². The Morgan fingerprint density at radius 1 is 1.03 bits per heavy atom. The van der Waals surface area contributed by atoms with Gasteiger partial charge in [0, 0.05) is 24.8 Å². The van der Waals surface area contributed by atoms with E-state index in [0.717, 1.165) is 5.52 Å². The monoisotopic (exact) mass is 435 g/mol. The van der Waals surface area contributed by atoms with Gasteiger partial charge in [-0.2, -0.15) is 0 Å². The van der Waals surface area contributed by atoms with Crippen LogP contribution in [0.3, 0.4) is 0 Å². The normalized spacial score (nSPS) is 11.4. The number of para-hydroxylation sites is 1. The predicted molar refractivity (Wildman–Crippen MR) is 120 cm³/mol. The molecule has 158 valence electrons. The lowest BCUT2D eigenvalue weighted by Gasteiger charge is -2.19. The summed E-state index contributed by atoms with van der Waals surface area (Å²) >= 11 is 0. The molecule has 0 saturated carbocycles. The summed E-state index contributed by atoms with van der Waals surface area (Å²) in [5, 5.41) is 10.9. The van der Waals surface area contributed by atoms with E-state index >= 15 is 0 Å². The topological polar surface area (TPSA) is 97.2 Å². The van der Waals surface area contributed by atoms with Crippen molar-refractivity contribution in [3.05, 3.63) is 78.4 Å². The highest BCUT2D eigenvalue weighted by atomic mass is 32.2. The van der Waals surface area contributed by atoms with Crippen LogP contribution in [0.25, 0.3) is 11.0 Å². The van der Waals surface area contributed by atoms with Crippen molar-refractivity contribution in [1.29, 1.82) is 0 Å². The van der Waals surface area contributed by atoms with Gasteiger partial charge >= 0.3 is 0 Å². The molecule has 1 N–H and O–H groups in total. The molecule has 0 spiro atoms.